The third kappa shape index (κ3) is 4.09. The van der Waals surface area contributed by atoms with Crippen molar-refractivity contribution in [1.82, 2.24) is 5.32 Å². The molecule has 0 aromatic heterocycles. The summed E-state index contributed by atoms with van der Waals surface area (Å²) in [6.07, 6.45) is 2.73. The smallest absolute Gasteiger partial charge is 0.310 e. The van der Waals surface area contributed by atoms with Gasteiger partial charge in [0.25, 0.3) is 5.91 Å². The minimum atomic E-state index is -0.916. The van der Waals surface area contributed by atoms with Gasteiger partial charge in [-0.05, 0) is 37.5 Å². The van der Waals surface area contributed by atoms with Crippen molar-refractivity contribution in [3.63, 3.8) is 0 Å². The summed E-state index contributed by atoms with van der Waals surface area (Å²) >= 11 is 0. The summed E-state index contributed by atoms with van der Waals surface area (Å²) in [4.78, 5) is 35.3. The van der Waals surface area contributed by atoms with Crippen LogP contribution in [0.3, 0.4) is 0 Å². The molecule has 0 spiro atoms. The predicted octanol–water partition coefficient (Wildman–Crippen LogP) is 2.41. The highest BCUT2D eigenvalue weighted by atomic mass is 16.4. The van der Waals surface area contributed by atoms with E-state index in [4.69, 9.17) is 0 Å². The summed E-state index contributed by atoms with van der Waals surface area (Å²) in [5.74, 6) is -1.44. The van der Waals surface area contributed by atoms with E-state index >= 15 is 0 Å². The first-order valence-electron chi connectivity index (χ1n) is 7.88. The second-order valence-corrected chi connectivity index (χ2v) is 6.00. The SMILES string of the molecule is CCCNC(=O)c1cccc(NC(=O)CC2(C(=O)O)CCC2)c1. The van der Waals surface area contributed by atoms with Gasteiger partial charge in [0.05, 0.1) is 5.41 Å². The fourth-order valence-electron chi connectivity index (χ4n) is 2.66. The van der Waals surface area contributed by atoms with Crippen LogP contribution in [0.1, 0.15) is 49.4 Å². The van der Waals surface area contributed by atoms with Gasteiger partial charge in [0.15, 0.2) is 0 Å². The first-order chi connectivity index (χ1) is 11.0. The first-order valence-corrected chi connectivity index (χ1v) is 7.88. The Hall–Kier alpha value is -2.37. The Balaban J connectivity index is 1.98. The normalized spacial score (nSPS) is 15.3. The van der Waals surface area contributed by atoms with Crippen molar-refractivity contribution < 1.29 is 19.5 Å². The lowest BCUT2D eigenvalue weighted by molar-refractivity contribution is -0.157. The van der Waals surface area contributed by atoms with Crippen LogP contribution in [-0.4, -0.2) is 29.4 Å². The Morgan fingerprint density at radius 1 is 1.26 bits per heavy atom. The number of hydrogen-bond donors (Lipinski definition) is 3. The number of benzene rings is 1. The molecule has 1 fully saturated rings. The van der Waals surface area contributed by atoms with E-state index in [9.17, 15) is 19.5 Å². The van der Waals surface area contributed by atoms with Gasteiger partial charge >= 0.3 is 5.97 Å². The number of aliphatic carboxylic acids is 1. The molecule has 124 valence electrons. The number of hydrogen-bond acceptors (Lipinski definition) is 3. The fourth-order valence-corrected chi connectivity index (χ4v) is 2.66. The van der Waals surface area contributed by atoms with E-state index < -0.39 is 11.4 Å². The van der Waals surface area contributed by atoms with Crippen LogP contribution in [0.25, 0.3) is 0 Å². The maximum absolute atomic E-state index is 12.1. The minimum absolute atomic E-state index is 0.0331. The molecular weight excluding hydrogens is 296 g/mol. The molecule has 0 bridgehead atoms. The van der Waals surface area contributed by atoms with Gasteiger partial charge < -0.3 is 15.7 Å². The van der Waals surface area contributed by atoms with Crippen LogP contribution in [-0.2, 0) is 9.59 Å². The molecule has 0 aliphatic heterocycles. The number of carboxylic acid groups (broad SMARTS) is 1. The molecule has 0 saturated heterocycles. The van der Waals surface area contributed by atoms with Crippen molar-refractivity contribution in [1.29, 1.82) is 0 Å². The molecule has 0 radical (unpaired) electrons. The van der Waals surface area contributed by atoms with Gasteiger partial charge in [-0.25, -0.2) is 0 Å². The molecule has 1 aromatic rings. The Labute approximate surface area is 135 Å². The van der Waals surface area contributed by atoms with Gasteiger partial charge in [-0.15, -0.1) is 0 Å². The Kier molecular flexibility index (Phi) is 5.36. The lowest BCUT2D eigenvalue weighted by Gasteiger charge is -2.36. The second kappa shape index (κ2) is 7.26. The summed E-state index contributed by atoms with van der Waals surface area (Å²) in [5, 5.41) is 14.7. The standard InChI is InChI=1S/C17H22N2O4/c1-2-9-18-15(21)12-5-3-6-13(10-12)19-14(20)11-17(16(22)23)7-4-8-17/h3,5-6,10H,2,4,7-9,11H2,1H3,(H,18,21)(H,19,20)(H,22,23). The summed E-state index contributed by atoms with van der Waals surface area (Å²) in [7, 11) is 0. The number of carbonyl (C=O) groups excluding carboxylic acids is 2. The molecular formula is C17H22N2O4. The molecule has 1 saturated carbocycles. The lowest BCUT2D eigenvalue weighted by atomic mass is 9.66. The number of nitrogens with one attached hydrogen (secondary N) is 2. The van der Waals surface area contributed by atoms with E-state index in [0.29, 0.717) is 30.6 Å². The molecule has 2 amide bonds. The summed E-state index contributed by atoms with van der Waals surface area (Å²) in [6.45, 7) is 2.56. The maximum Gasteiger partial charge on any atom is 0.310 e. The monoisotopic (exact) mass is 318 g/mol. The van der Waals surface area contributed by atoms with Gasteiger partial charge in [0.2, 0.25) is 5.91 Å². The molecule has 1 aliphatic carbocycles. The van der Waals surface area contributed by atoms with E-state index in [0.717, 1.165) is 12.8 Å². The van der Waals surface area contributed by atoms with Gasteiger partial charge in [-0.2, -0.15) is 0 Å². The van der Waals surface area contributed by atoms with Crippen LogP contribution in [0.4, 0.5) is 5.69 Å². The van der Waals surface area contributed by atoms with Crippen molar-refractivity contribution in [3.05, 3.63) is 29.8 Å². The Bertz CT molecular complexity index is 608. The number of anilines is 1. The zero-order valence-electron chi connectivity index (χ0n) is 13.2. The third-order valence-corrected chi connectivity index (χ3v) is 4.21. The molecule has 0 atom stereocenters. The van der Waals surface area contributed by atoms with Crippen molar-refractivity contribution >= 4 is 23.5 Å². The van der Waals surface area contributed by atoms with Crippen molar-refractivity contribution in [2.45, 2.75) is 39.0 Å². The van der Waals surface area contributed by atoms with Gasteiger partial charge in [-0.3, -0.25) is 14.4 Å². The molecule has 0 heterocycles. The maximum atomic E-state index is 12.1. The van der Waals surface area contributed by atoms with Gasteiger partial charge in [-0.1, -0.05) is 19.4 Å². The molecule has 3 N–H and O–H groups in total. The molecule has 2 rings (SSSR count). The van der Waals surface area contributed by atoms with Crippen molar-refractivity contribution in [2.75, 3.05) is 11.9 Å². The second-order valence-electron chi connectivity index (χ2n) is 6.00. The van der Waals surface area contributed by atoms with E-state index in [1.807, 2.05) is 6.92 Å². The molecule has 1 aromatic carbocycles. The highest BCUT2D eigenvalue weighted by Gasteiger charge is 2.45. The molecule has 1 aliphatic rings. The summed E-state index contributed by atoms with van der Waals surface area (Å²) in [5.41, 5.74) is 0.0482. The van der Waals surface area contributed by atoms with Crippen LogP contribution in [0.2, 0.25) is 0 Å². The van der Waals surface area contributed by atoms with Crippen LogP contribution >= 0.6 is 0 Å². The summed E-state index contributed by atoms with van der Waals surface area (Å²) in [6, 6.07) is 6.64. The van der Waals surface area contributed by atoms with E-state index in [1.54, 1.807) is 24.3 Å². The highest BCUT2D eigenvalue weighted by molar-refractivity contribution is 5.98. The van der Waals surface area contributed by atoms with E-state index in [-0.39, 0.29) is 18.2 Å². The van der Waals surface area contributed by atoms with Crippen LogP contribution < -0.4 is 10.6 Å². The van der Waals surface area contributed by atoms with E-state index in [1.165, 1.54) is 0 Å². The van der Waals surface area contributed by atoms with Gasteiger partial charge in [0.1, 0.15) is 0 Å². The number of carbonyl (C=O) groups is 3. The predicted molar refractivity (Wildman–Crippen MR) is 86.2 cm³/mol. The Morgan fingerprint density at radius 2 is 2.00 bits per heavy atom. The average molecular weight is 318 g/mol. The number of amides is 2. The largest absolute Gasteiger partial charge is 0.481 e. The fraction of sp³-hybridized carbons (Fsp3) is 0.471. The number of carboxylic acids is 1. The average Bonchev–Trinajstić information content (AvgIpc) is 2.48. The quantitative estimate of drug-likeness (QED) is 0.719. The van der Waals surface area contributed by atoms with Crippen LogP contribution in [0.15, 0.2) is 24.3 Å². The van der Waals surface area contributed by atoms with E-state index in [2.05, 4.69) is 10.6 Å². The van der Waals surface area contributed by atoms with Gasteiger partial charge in [0, 0.05) is 24.2 Å². The van der Waals surface area contributed by atoms with Crippen molar-refractivity contribution in [2.24, 2.45) is 5.41 Å². The highest BCUT2D eigenvalue weighted by Crippen LogP contribution is 2.44. The van der Waals surface area contributed by atoms with Crippen molar-refractivity contribution in [3.8, 4) is 0 Å². The minimum Gasteiger partial charge on any atom is -0.481 e. The molecule has 23 heavy (non-hydrogen) atoms. The molecule has 6 nitrogen and oxygen atoms in total. The van der Waals surface area contributed by atoms with Crippen LogP contribution in [0.5, 0.6) is 0 Å². The molecule has 0 unspecified atom stereocenters. The summed E-state index contributed by atoms with van der Waals surface area (Å²) < 4.78 is 0. The first kappa shape index (κ1) is 17.0. The third-order valence-electron chi connectivity index (χ3n) is 4.21. The zero-order valence-corrected chi connectivity index (χ0v) is 13.2. The Morgan fingerprint density at radius 3 is 2.57 bits per heavy atom. The zero-order chi connectivity index (χ0) is 16.9. The van der Waals surface area contributed by atoms with Crippen LogP contribution in [0, 0.1) is 5.41 Å². The molecule has 6 heteroatoms. The topological polar surface area (TPSA) is 95.5 Å². The lowest BCUT2D eigenvalue weighted by Crippen LogP contribution is -2.41. The number of rotatable bonds is 7.